The molecule has 0 bridgehead atoms. The number of unbranched alkanes of at least 4 members (excludes halogenated alkanes) is 13. The number of hydrogen-bond acceptors (Lipinski definition) is 3. The third kappa shape index (κ3) is 15.5. The summed E-state index contributed by atoms with van der Waals surface area (Å²) in [7, 11) is 0. The molecule has 0 aromatic heterocycles. The van der Waals surface area contributed by atoms with Crippen LogP contribution in [-0.2, 0) is 4.74 Å². The predicted octanol–water partition coefficient (Wildman–Crippen LogP) is 6.38. The third-order valence-electron chi connectivity index (χ3n) is 5.98. The Morgan fingerprint density at radius 3 is 1.89 bits per heavy atom. The van der Waals surface area contributed by atoms with Crippen molar-refractivity contribution in [2.45, 2.75) is 141 Å². The SMILES string of the molecule is CCCCCCCCCCCCCCCCNC(C)CC1CC(O)CCO1. The second-order valence-electron chi connectivity index (χ2n) is 8.86. The van der Waals surface area contributed by atoms with E-state index >= 15 is 0 Å². The van der Waals surface area contributed by atoms with Gasteiger partial charge < -0.3 is 15.2 Å². The van der Waals surface area contributed by atoms with Crippen LogP contribution in [0.1, 0.15) is 123 Å². The van der Waals surface area contributed by atoms with E-state index in [0.717, 1.165) is 32.4 Å². The molecule has 162 valence electrons. The quantitative estimate of drug-likeness (QED) is 0.270. The lowest BCUT2D eigenvalue weighted by molar-refractivity contribution is -0.0492. The summed E-state index contributed by atoms with van der Waals surface area (Å²) < 4.78 is 5.75. The fraction of sp³-hybridized carbons (Fsp3) is 1.00. The molecule has 1 saturated heterocycles. The van der Waals surface area contributed by atoms with E-state index in [1.54, 1.807) is 0 Å². The Hall–Kier alpha value is -0.120. The van der Waals surface area contributed by atoms with Crippen LogP contribution in [0.4, 0.5) is 0 Å². The van der Waals surface area contributed by atoms with Gasteiger partial charge in [0.05, 0.1) is 12.2 Å². The van der Waals surface area contributed by atoms with Crippen LogP contribution in [0.3, 0.4) is 0 Å². The topological polar surface area (TPSA) is 41.5 Å². The van der Waals surface area contributed by atoms with Crippen molar-refractivity contribution < 1.29 is 9.84 Å². The third-order valence-corrected chi connectivity index (χ3v) is 5.98. The first-order chi connectivity index (χ1) is 13.2. The lowest BCUT2D eigenvalue weighted by Gasteiger charge is -2.28. The van der Waals surface area contributed by atoms with Crippen LogP contribution in [0.25, 0.3) is 0 Å². The predicted molar refractivity (Wildman–Crippen MR) is 117 cm³/mol. The van der Waals surface area contributed by atoms with Crippen LogP contribution in [-0.4, -0.2) is 36.5 Å². The molecule has 1 aliphatic heterocycles. The van der Waals surface area contributed by atoms with Gasteiger partial charge in [-0.1, -0.05) is 90.4 Å². The molecule has 1 fully saturated rings. The molecule has 0 amide bonds. The normalized spacial score (nSPS) is 21.4. The van der Waals surface area contributed by atoms with E-state index in [-0.39, 0.29) is 12.2 Å². The minimum Gasteiger partial charge on any atom is -0.393 e. The summed E-state index contributed by atoms with van der Waals surface area (Å²) in [5, 5.41) is 13.3. The van der Waals surface area contributed by atoms with Crippen molar-refractivity contribution in [2.24, 2.45) is 0 Å². The fourth-order valence-corrected chi connectivity index (χ4v) is 4.17. The Bertz CT molecular complexity index is 311. The molecule has 0 aromatic carbocycles. The molecule has 3 nitrogen and oxygen atoms in total. The van der Waals surface area contributed by atoms with E-state index in [9.17, 15) is 5.11 Å². The maximum atomic E-state index is 9.71. The lowest BCUT2D eigenvalue weighted by Crippen LogP contribution is -2.36. The molecule has 3 heteroatoms. The highest BCUT2D eigenvalue weighted by Gasteiger charge is 2.22. The van der Waals surface area contributed by atoms with Crippen molar-refractivity contribution in [1.82, 2.24) is 5.32 Å². The average molecular weight is 384 g/mol. The zero-order valence-electron chi connectivity index (χ0n) is 18.5. The van der Waals surface area contributed by atoms with Gasteiger partial charge in [-0.15, -0.1) is 0 Å². The fourth-order valence-electron chi connectivity index (χ4n) is 4.17. The molecule has 27 heavy (non-hydrogen) atoms. The van der Waals surface area contributed by atoms with Crippen LogP contribution in [0.5, 0.6) is 0 Å². The Balaban J connectivity index is 1.76. The monoisotopic (exact) mass is 383 g/mol. The molecule has 0 saturated carbocycles. The van der Waals surface area contributed by atoms with Crippen molar-refractivity contribution >= 4 is 0 Å². The second kappa shape index (κ2) is 17.9. The number of rotatable bonds is 18. The summed E-state index contributed by atoms with van der Waals surface area (Å²) in [6.07, 6.45) is 22.6. The van der Waals surface area contributed by atoms with Crippen molar-refractivity contribution in [3.63, 3.8) is 0 Å². The van der Waals surface area contributed by atoms with Gasteiger partial charge in [-0.3, -0.25) is 0 Å². The number of nitrogens with one attached hydrogen (secondary N) is 1. The highest BCUT2D eigenvalue weighted by Crippen LogP contribution is 2.18. The molecule has 1 rings (SSSR count). The van der Waals surface area contributed by atoms with Gasteiger partial charge in [0.2, 0.25) is 0 Å². The zero-order chi connectivity index (χ0) is 19.6. The Morgan fingerprint density at radius 1 is 0.852 bits per heavy atom. The minimum atomic E-state index is -0.151. The van der Waals surface area contributed by atoms with Crippen LogP contribution in [0.15, 0.2) is 0 Å². The van der Waals surface area contributed by atoms with Crippen molar-refractivity contribution in [3.05, 3.63) is 0 Å². The largest absolute Gasteiger partial charge is 0.393 e. The van der Waals surface area contributed by atoms with Gasteiger partial charge in [0.15, 0.2) is 0 Å². The van der Waals surface area contributed by atoms with Gasteiger partial charge in [0.1, 0.15) is 0 Å². The lowest BCUT2D eigenvalue weighted by atomic mass is 10.0. The summed E-state index contributed by atoms with van der Waals surface area (Å²) in [5.74, 6) is 0. The van der Waals surface area contributed by atoms with Gasteiger partial charge >= 0.3 is 0 Å². The summed E-state index contributed by atoms with van der Waals surface area (Å²) in [6, 6.07) is 0.488. The van der Waals surface area contributed by atoms with Crippen molar-refractivity contribution in [1.29, 1.82) is 0 Å². The molecular formula is C24H49NO2. The van der Waals surface area contributed by atoms with E-state index in [1.165, 1.54) is 89.9 Å². The maximum Gasteiger partial charge on any atom is 0.0614 e. The number of hydrogen-bond donors (Lipinski definition) is 2. The van der Waals surface area contributed by atoms with E-state index < -0.39 is 0 Å². The molecule has 0 radical (unpaired) electrons. The molecule has 0 spiro atoms. The Kier molecular flexibility index (Phi) is 16.6. The zero-order valence-corrected chi connectivity index (χ0v) is 18.5. The summed E-state index contributed by atoms with van der Waals surface area (Å²) in [4.78, 5) is 0. The van der Waals surface area contributed by atoms with Crippen LogP contribution in [0.2, 0.25) is 0 Å². The molecule has 3 atom stereocenters. The van der Waals surface area contributed by atoms with E-state index in [1.807, 2.05) is 0 Å². The summed E-state index contributed by atoms with van der Waals surface area (Å²) in [5.41, 5.74) is 0. The molecule has 3 unspecified atom stereocenters. The standard InChI is InChI=1S/C24H49NO2/c1-3-4-5-6-7-8-9-10-11-12-13-14-15-16-18-25-22(2)20-24-21-23(26)17-19-27-24/h22-26H,3-21H2,1-2H3. The van der Waals surface area contributed by atoms with Gasteiger partial charge in [-0.25, -0.2) is 0 Å². The minimum absolute atomic E-state index is 0.151. The van der Waals surface area contributed by atoms with E-state index in [0.29, 0.717) is 6.04 Å². The summed E-state index contributed by atoms with van der Waals surface area (Å²) >= 11 is 0. The highest BCUT2D eigenvalue weighted by atomic mass is 16.5. The van der Waals surface area contributed by atoms with Crippen molar-refractivity contribution in [3.8, 4) is 0 Å². The number of aliphatic hydroxyl groups excluding tert-OH is 1. The maximum absolute atomic E-state index is 9.71. The Morgan fingerprint density at radius 2 is 1.37 bits per heavy atom. The van der Waals surface area contributed by atoms with Crippen LogP contribution in [0, 0.1) is 0 Å². The average Bonchev–Trinajstić information content (AvgIpc) is 2.65. The van der Waals surface area contributed by atoms with Gasteiger partial charge in [0, 0.05) is 12.6 Å². The van der Waals surface area contributed by atoms with E-state index in [2.05, 4.69) is 19.2 Å². The summed E-state index contributed by atoms with van der Waals surface area (Å²) in [6.45, 7) is 6.37. The second-order valence-corrected chi connectivity index (χ2v) is 8.86. The molecule has 0 aliphatic carbocycles. The van der Waals surface area contributed by atoms with E-state index in [4.69, 9.17) is 4.74 Å². The molecule has 1 heterocycles. The number of ether oxygens (including phenoxy) is 1. The molecule has 2 N–H and O–H groups in total. The van der Waals surface area contributed by atoms with Gasteiger partial charge in [-0.2, -0.15) is 0 Å². The highest BCUT2D eigenvalue weighted by molar-refractivity contribution is 4.75. The van der Waals surface area contributed by atoms with Gasteiger partial charge in [-0.05, 0) is 39.2 Å². The number of aliphatic hydroxyl groups is 1. The molecule has 1 aliphatic rings. The smallest absolute Gasteiger partial charge is 0.0614 e. The first-order valence-electron chi connectivity index (χ1n) is 12.3. The first-order valence-corrected chi connectivity index (χ1v) is 12.3. The Labute approximate surface area is 170 Å². The van der Waals surface area contributed by atoms with Gasteiger partial charge in [0.25, 0.3) is 0 Å². The van der Waals surface area contributed by atoms with Crippen molar-refractivity contribution in [2.75, 3.05) is 13.2 Å². The first kappa shape index (κ1) is 24.9. The van der Waals surface area contributed by atoms with Crippen LogP contribution < -0.4 is 5.32 Å². The molecular weight excluding hydrogens is 334 g/mol. The van der Waals surface area contributed by atoms with Crippen LogP contribution >= 0.6 is 0 Å². The molecule has 0 aromatic rings.